The number of imide groups is 1. The highest BCUT2D eigenvalue weighted by atomic mass is 16.5. The van der Waals surface area contributed by atoms with E-state index in [0.717, 1.165) is 29.1 Å². The van der Waals surface area contributed by atoms with Crippen molar-refractivity contribution in [1.82, 2.24) is 15.5 Å². The molecular formula is C20H27N3O5. The molecule has 28 heavy (non-hydrogen) atoms. The zero-order valence-electron chi connectivity index (χ0n) is 16.3. The number of nitrogens with one attached hydrogen (secondary N) is 2. The van der Waals surface area contributed by atoms with E-state index in [-0.39, 0.29) is 24.5 Å². The first-order chi connectivity index (χ1) is 13.4. The molecule has 2 N–H and O–H groups in total. The van der Waals surface area contributed by atoms with Gasteiger partial charge in [0.2, 0.25) is 5.91 Å². The Kier molecular flexibility index (Phi) is 6.18. The topological polar surface area (TPSA) is 97.0 Å². The van der Waals surface area contributed by atoms with Crippen molar-refractivity contribution in [3.8, 4) is 5.75 Å². The molecule has 3 rings (SSSR count). The molecule has 0 saturated carbocycles. The Morgan fingerprint density at radius 2 is 2.11 bits per heavy atom. The van der Waals surface area contributed by atoms with Crippen LogP contribution in [-0.4, -0.2) is 61.2 Å². The van der Waals surface area contributed by atoms with Gasteiger partial charge in [-0.25, -0.2) is 4.79 Å². The maximum absolute atomic E-state index is 12.8. The fraction of sp³-hybridized carbons (Fsp3) is 0.550. The lowest BCUT2D eigenvalue weighted by Crippen LogP contribution is -2.46. The Hall–Kier alpha value is -2.61. The quantitative estimate of drug-likeness (QED) is 0.652. The fourth-order valence-corrected chi connectivity index (χ4v) is 3.48. The van der Waals surface area contributed by atoms with Crippen LogP contribution in [0.3, 0.4) is 0 Å². The molecule has 0 bridgehead atoms. The Balaban J connectivity index is 1.52. The molecule has 0 aliphatic carbocycles. The smallest absolute Gasteiger partial charge is 0.325 e. The van der Waals surface area contributed by atoms with Gasteiger partial charge in [0.25, 0.3) is 5.91 Å². The molecule has 2 atom stereocenters. The molecule has 0 spiro atoms. The molecule has 1 aromatic rings. The van der Waals surface area contributed by atoms with Gasteiger partial charge in [-0.1, -0.05) is 12.1 Å². The second-order valence-electron chi connectivity index (χ2n) is 7.44. The first-order valence-electron chi connectivity index (χ1n) is 9.56. The highest BCUT2D eigenvalue weighted by molar-refractivity contribution is 6.08. The fourth-order valence-electron chi connectivity index (χ4n) is 3.48. The third kappa shape index (κ3) is 4.62. The van der Waals surface area contributed by atoms with E-state index in [4.69, 9.17) is 9.47 Å². The van der Waals surface area contributed by atoms with Gasteiger partial charge in [-0.05, 0) is 50.3 Å². The summed E-state index contributed by atoms with van der Waals surface area (Å²) in [6, 6.07) is 7.04. The third-order valence-corrected chi connectivity index (χ3v) is 5.27. The van der Waals surface area contributed by atoms with Gasteiger partial charge in [0, 0.05) is 13.2 Å². The zero-order chi connectivity index (χ0) is 20.1. The monoisotopic (exact) mass is 389 g/mol. The van der Waals surface area contributed by atoms with Crippen molar-refractivity contribution in [2.75, 3.05) is 26.8 Å². The minimum absolute atomic E-state index is 0.0156. The van der Waals surface area contributed by atoms with Gasteiger partial charge in [-0.3, -0.25) is 14.5 Å². The SMILES string of the molecule is COc1ccc(CCC2(C)NC(=O)N(CC(=O)NCC3CCCO3)C2=O)cc1. The molecule has 8 heteroatoms. The van der Waals surface area contributed by atoms with Gasteiger partial charge >= 0.3 is 6.03 Å². The number of rotatable bonds is 8. The standard InChI is InChI=1S/C20H27N3O5/c1-20(10-9-14-5-7-15(27-2)8-6-14)18(25)23(19(26)22-20)13-17(24)21-12-16-4-3-11-28-16/h5-8,16H,3-4,9-13H2,1-2H3,(H,21,24)(H,22,26). The maximum atomic E-state index is 12.8. The van der Waals surface area contributed by atoms with E-state index in [2.05, 4.69) is 10.6 Å². The lowest BCUT2D eigenvalue weighted by atomic mass is 9.93. The van der Waals surface area contributed by atoms with Crippen molar-refractivity contribution in [1.29, 1.82) is 0 Å². The van der Waals surface area contributed by atoms with Crippen LogP contribution in [0.5, 0.6) is 5.75 Å². The Morgan fingerprint density at radius 1 is 1.36 bits per heavy atom. The summed E-state index contributed by atoms with van der Waals surface area (Å²) in [7, 11) is 1.61. The van der Waals surface area contributed by atoms with Crippen LogP contribution in [0.2, 0.25) is 0 Å². The molecule has 2 saturated heterocycles. The van der Waals surface area contributed by atoms with Crippen molar-refractivity contribution < 1.29 is 23.9 Å². The summed E-state index contributed by atoms with van der Waals surface area (Å²) < 4.78 is 10.6. The number of methoxy groups -OCH3 is 1. The summed E-state index contributed by atoms with van der Waals surface area (Å²) in [5, 5.41) is 5.47. The molecular weight excluding hydrogens is 362 g/mol. The van der Waals surface area contributed by atoms with Gasteiger partial charge < -0.3 is 20.1 Å². The van der Waals surface area contributed by atoms with Gasteiger partial charge in [-0.2, -0.15) is 0 Å². The number of benzene rings is 1. The molecule has 1 aromatic carbocycles. The molecule has 2 heterocycles. The van der Waals surface area contributed by atoms with Crippen LogP contribution in [-0.2, 0) is 20.7 Å². The number of amides is 4. The van der Waals surface area contributed by atoms with Crippen molar-refractivity contribution in [2.45, 2.75) is 44.2 Å². The van der Waals surface area contributed by atoms with Crippen molar-refractivity contribution in [3.63, 3.8) is 0 Å². The normalized spacial score (nSPS) is 24.4. The molecule has 2 unspecified atom stereocenters. The number of hydrogen-bond acceptors (Lipinski definition) is 5. The van der Waals surface area contributed by atoms with Crippen molar-refractivity contribution >= 4 is 17.8 Å². The Morgan fingerprint density at radius 3 is 2.75 bits per heavy atom. The van der Waals surface area contributed by atoms with E-state index in [1.165, 1.54) is 0 Å². The maximum Gasteiger partial charge on any atom is 0.325 e. The van der Waals surface area contributed by atoms with Crippen molar-refractivity contribution in [2.24, 2.45) is 0 Å². The molecule has 2 fully saturated rings. The summed E-state index contributed by atoms with van der Waals surface area (Å²) in [5.41, 5.74) is 0.0168. The predicted octanol–water partition coefficient (Wildman–Crippen LogP) is 1.23. The molecule has 2 aliphatic heterocycles. The highest BCUT2D eigenvalue weighted by Gasteiger charge is 2.47. The minimum atomic E-state index is -1.02. The van der Waals surface area contributed by atoms with E-state index in [1.807, 2.05) is 24.3 Å². The summed E-state index contributed by atoms with van der Waals surface area (Å²) in [6.07, 6.45) is 2.97. The number of carbonyl (C=O) groups excluding carboxylic acids is 3. The Labute approximate surface area is 164 Å². The molecule has 0 radical (unpaired) electrons. The zero-order valence-corrected chi connectivity index (χ0v) is 16.3. The van der Waals surface area contributed by atoms with E-state index in [0.29, 0.717) is 26.0 Å². The third-order valence-electron chi connectivity index (χ3n) is 5.27. The van der Waals surface area contributed by atoms with Crippen LogP contribution < -0.4 is 15.4 Å². The molecule has 0 aromatic heterocycles. The number of urea groups is 1. The van der Waals surface area contributed by atoms with Crippen LogP contribution in [0, 0.1) is 0 Å². The lowest BCUT2D eigenvalue weighted by molar-refractivity contribution is -0.134. The molecule has 2 aliphatic rings. The summed E-state index contributed by atoms with van der Waals surface area (Å²) >= 11 is 0. The molecule has 8 nitrogen and oxygen atoms in total. The second kappa shape index (κ2) is 8.60. The molecule has 152 valence electrons. The number of ether oxygens (including phenoxy) is 2. The van der Waals surface area contributed by atoms with Crippen LogP contribution >= 0.6 is 0 Å². The number of hydrogen-bond donors (Lipinski definition) is 2. The summed E-state index contributed by atoms with van der Waals surface area (Å²) in [5.74, 6) is 0.0251. The minimum Gasteiger partial charge on any atom is -0.497 e. The van der Waals surface area contributed by atoms with E-state index < -0.39 is 11.6 Å². The van der Waals surface area contributed by atoms with Crippen LogP contribution in [0.25, 0.3) is 0 Å². The summed E-state index contributed by atoms with van der Waals surface area (Å²) in [4.78, 5) is 38.2. The first-order valence-corrected chi connectivity index (χ1v) is 9.56. The molecule has 4 amide bonds. The average Bonchev–Trinajstić information content (AvgIpc) is 3.28. The first kappa shape index (κ1) is 20.1. The van der Waals surface area contributed by atoms with Gasteiger partial charge in [-0.15, -0.1) is 0 Å². The number of aryl methyl sites for hydroxylation is 1. The van der Waals surface area contributed by atoms with E-state index in [1.54, 1.807) is 14.0 Å². The van der Waals surface area contributed by atoms with Crippen LogP contribution in [0.15, 0.2) is 24.3 Å². The second-order valence-corrected chi connectivity index (χ2v) is 7.44. The van der Waals surface area contributed by atoms with E-state index in [9.17, 15) is 14.4 Å². The van der Waals surface area contributed by atoms with Gasteiger partial charge in [0.05, 0.1) is 13.2 Å². The predicted molar refractivity (Wildman–Crippen MR) is 102 cm³/mol. The highest BCUT2D eigenvalue weighted by Crippen LogP contribution is 2.24. The lowest BCUT2D eigenvalue weighted by Gasteiger charge is -2.21. The van der Waals surface area contributed by atoms with Crippen LogP contribution in [0.1, 0.15) is 31.7 Å². The Bertz CT molecular complexity index is 730. The largest absolute Gasteiger partial charge is 0.497 e. The number of nitrogens with zero attached hydrogens (tertiary/aromatic N) is 1. The van der Waals surface area contributed by atoms with Crippen molar-refractivity contribution in [3.05, 3.63) is 29.8 Å². The van der Waals surface area contributed by atoms with Gasteiger partial charge in [0.15, 0.2) is 0 Å². The average molecular weight is 389 g/mol. The van der Waals surface area contributed by atoms with Crippen LogP contribution in [0.4, 0.5) is 4.79 Å². The van der Waals surface area contributed by atoms with Gasteiger partial charge in [0.1, 0.15) is 17.8 Å². The summed E-state index contributed by atoms with van der Waals surface area (Å²) in [6.45, 7) is 2.52. The van der Waals surface area contributed by atoms with E-state index >= 15 is 0 Å². The number of carbonyl (C=O) groups is 3.